The second kappa shape index (κ2) is 8.03. The summed E-state index contributed by atoms with van der Waals surface area (Å²) in [5.41, 5.74) is 0.527. The van der Waals surface area contributed by atoms with Crippen molar-refractivity contribution in [3.8, 4) is 0 Å². The van der Waals surface area contributed by atoms with Gasteiger partial charge in [-0.2, -0.15) is 26.3 Å². The zero-order valence-electron chi connectivity index (χ0n) is 11.4. The summed E-state index contributed by atoms with van der Waals surface area (Å²) >= 11 is 0. The van der Waals surface area contributed by atoms with Crippen molar-refractivity contribution in [2.45, 2.75) is 31.4 Å². The molecule has 2 atom stereocenters. The Labute approximate surface area is 129 Å². The van der Waals surface area contributed by atoms with Crippen LogP contribution in [-0.4, -0.2) is 30.1 Å². The van der Waals surface area contributed by atoms with Crippen molar-refractivity contribution in [1.29, 1.82) is 0 Å². The van der Waals surface area contributed by atoms with Crippen LogP contribution in [0.4, 0.5) is 26.3 Å². The first kappa shape index (κ1) is 21.0. The topological polar surface area (TPSA) is 32.3 Å². The largest absolute Gasteiger partial charge is 0.402 e. The molecular weight excluding hydrogens is 336 g/mol. The third-order valence-corrected chi connectivity index (χ3v) is 3.07. The molecule has 0 saturated carbocycles. The van der Waals surface area contributed by atoms with E-state index in [4.69, 9.17) is 5.11 Å². The summed E-state index contributed by atoms with van der Waals surface area (Å²) < 4.78 is 75.8. The molecule has 0 saturated heterocycles. The van der Waals surface area contributed by atoms with Crippen molar-refractivity contribution < 1.29 is 31.4 Å². The van der Waals surface area contributed by atoms with Gasteiger partial charge in [-0.1, -0.05) is 30.3 Å². The van der Waals surface area contributed by atoms with E-state index in [1.807, 2.05) is 0 Å². The first-order valence-corrected chi connectivity index (χ1v) is 6.12. The first-order valence-electron chi connectivity index (χ1n) is 6.12. The van der Waals surface area contributed by atoms with Gasteiger partial charge >= 0.3 is 12.4 Å². The quantitative estimate of drug-likeness (QED) is 0.790. The zero-order valence-corrected chi connectivity index (χ0v) is 12.3. The molecule has 0 unspecified atom stereocenters. The summed E-state index contributed by atoms with van der Waals surface area (Å²) in [7, 11) is 0. The Bertz CT molecular complexity index is 422. The van der Waals surface area contributed by atoms with Crippen molar-refractivity contribution in [1.82, 2.24) is 5.32 Å². The molecule has 0 aliphatic heterocycles. The zero-order chi connectivity index (χ0) is 16.3. The summed E-state index contributed by atoms with van der Waals surface area (Å²) in [5.74, 6) is -3.62. The highest BCUT2D eigenvalue weighted by atomic mass is 35.5. The number of alkyl halides is 6. The smallest absolute Gasteiger partial charge is 0.395 e. The Morgan fingerprint density at radius 3 is 1.82 bits per heavy atom. The van der Waals surface area contributed by atoms with E-state index in [9.17, 15) is 26.3 Å². The fourth-order valence-corrected chi connectivity index (χ4v) is 2.06. The number of aliphatic hydroxyl groups excluding tert-OH is 1. The standard InChI is InChI=1S/C13H15F6NO.ClH/c1-8(9-5-3-2-4-6-9)20-10(7-21)11(12(14,15)16)13(17,18)19;/h2-6,8,10-11,20-21H,7H2,1H3;1H/t8-,10-;/m1./s1. The normalized spacial score (nSPS) is 15.3. The van der Waals surface area contributed by atoms with Crippen molar-refractivity contribution in [3.05, 3.63) is 35.9 Å². The van der Waals surface area contributed by atoms with Crippen LogP contribution in [0.15, 0.2) is 30.3 Å². The molecule has 0 amide bonds. The van der Waals surface area contributed by atoms with Crippen LogP contribution in [0.2, 0.25) is 0 Å². The van der Waals surface area contributed by atoms with Crippen LogP contribution >= 0.6 is 12.4 Å². The van der Waals surface area contributed by atoms with Crippen LogP contribution in [0.5, 0.6) is 0 Å². The van der Waals surface area contributed by atoms with Gasteiger partial charge in [-0.15, -0.1) is 12.4 Å². The maximum atomic E-state index is 12.6. The predicted molar refractivity (Wildman–Crippen MR) is 71.7 cm³/mol. The molecule has 0 spiro atoms. The van der Waals surface area contributed by atoms with Crippen molar-refractivity contribution in [3.63, 3.8) is 0 Å². The fraction of sp³-hybridized carbons (Fsp3) is 0.538. The summed E-state index contributed by atoms with van der Waals surface area (Å²) in [4.78, 5) is 0. The molecule has 0 aliphatic carbocycles. The minimum atomic E-state index is -5.49. The van der Waals surface area contributed by atoms with Crippen molar-refractivity contribution >= 4 is 12.4 Å². The monoisotopic (exact) mass is 351 g/mol. The molecule has 0 bridgehead atoms. The molecule has 2 nitrogen and oxygen atoms in total. The van der Waals surface area contributed by atoms with Gasteiger partial charge in [0.1, 0.15) is 0 Å². The second-order valence-corrected chi connectivity index (χ2v) is 4.65. The first-order chi connectivity index (χ1) is 9.57. The van der Waals surface area contributed by atoms with E-state index in [1.54, 1.807) is 30.3 Å². The molecule has 9 heteroatoms. The lowest BCUT2D eigenvalue weighted by atomic mass is 9.97. The van der Waals surface area contributed by atoms with Crippen LogP contribution in [-0.2, 0) is 0 Å². The molecule has 128 valence electrons. The number of nitrogens with one attached hydrogen (secondary N) is 1. The van der Waals surface area contributed by atoms with Crippen molar-refractivity contribution in [2.24, 2.45) is 5.92 Å². The van der Waals surface area contributed by atoms with E-state index in [0.717, 1.165) is 0 Å². The van der Waals surface area contributed by atoms with Gasteiger partial charge in [-0.25, -0.2) is 0 Å². The van der Waals surface area contributed by atoms with E-state index in [1.165, 1.54) is 6.92 Å². The van der Waals surface area contributed by atoms with E-state index in [2.05, 4.69) is 5.32 Å². The Hall–Kier alpha value is -0.990. The van der Waals surface area contributed by atoms with E-state index in [-0.39, 0.29) is 12.4 Å². The number of hydrogen-bond acceptors (Lipinski definition) is 2. The van der Waals surface area contributed by atoms with Gasteiger partial charge in [0.25, 0.3) is 0 Å². The van der Waals surface area contributed by atoms with Gasteiger partial charge in [0, 0.05) is 6.04 Å². The average Bonchev–Trinajstić information content (AvgIpc) is 2.35. The van der Waals surface area contributed by atoms with Crippen LogP contribution in [0, 0.1) is 5.92 Å². The number of aliphatic hydroxyl groups is 1. The van der Waals surface area contributed by atoms with Gasteiger partial charge in [0.2, 0.25) is 0 Å². The number of halogens is 7. The highest BCUT2D eigenvalue weighted by Gasteiger charge is 2.60. The molecule has 1 aromatic rings. The SMILES string of the molecule is C[C@@H](N[C@H](CO)C(C(F)(F)F)C(F)(F)F)c1ccccc1.Cl. The van der Waals surface area contributed by atoms with E-state index >= 15 is 0 Å². The van der Waals surface area contributed by atoms with Crippen LogP contribution in [0.3, 0.4) is 0 Å². The second-order valence-electron chi connectivity index (χ2n) is 4.65. The fourth-order valence-electron chi connectivity index (χ4n) is 2.06. The Morgan fingerprint density at radius 2 is 1.45 bits per heavy atom. The van der Waals surface area contributed by atoms with Crippen LogP contribution in [0.1, 0.15) is 18.5 Å². The summed E-state index contributed by atoms with van der Waals surface area (Å²) in [5, 5.41) is 11.2. The molecular formula is C13H16ClF6NO. The maximum absolute atomic E-state index is 12.6. The van der Waals surface area contributed by atoms with Gasteiger partial charge in [-0.05, 0) is 12.5 Å². The van der Waals surface area contributed by atoms with Gasteiger partial charge in [-0.3, -0.25) is 0 Å². The number of benzene rings is 1. The lowest BCUT2D eigenvalue weighted by Gasteiger charge is -2.32. The molecule has 0 aliphatic rings. The Morgan fingerprint density at radius 1 is 1.00 bits per heavy atom. The summed E-state index contributed by atoms with van der Waals surface area (Å²) in [6.07, 6.45) is -11.0. The molecule has 0 fully saturated rings. The average molecular weight is 352 g/mol. The van der Waals surface area contributed by atoms with Crippen LogP contribution < -0.4 is 5.32 Å². The van der Waals surface area contributed by atoms with Gasteiger partial charge in [0.15, 0.2) is 5.92 Å². The molecule has 22 heavy (non-hydrogen) atoms. The summed E-state index contributed by atoms with van der Waals surface area (Å²) in [6.45, 7) is 0.155. The van der Waals surface area contributed by atoms with Gasteiger partial charge in [0.05, 0.1) is 12.6 Å². The lowest BCUT2D eigenvalue weighted by molar-refractivity contribution is -0.294. The molecule has 1 aromatic carbocycles. The third-order valence-electron chi connectivity index (χ3n) is 3.07. The summed E-state index contributed by atoms with van der Waals surface area (Å²) in [6, 6.07) is 5.12. The van der Waals surface area contributed by atoms with Crippen molar-refractivity contribution in [2.75, 3.05) is 6.61 Å². The van der Waals surface area contributed by atoms with E-state index in [0.29, 0.717) is 5.56 Å². The highest BCUT2D eigenvalue weighted by molar-refractivity contribution is 5.85. The third kappa shape index (κ3) is 5.66. The molecule has 0 aromatic heterocycles. The maximum Gasteiger partial charge on any atom is 0.402 e. The molecule has 1 rings (SSSR count). The highest BCUT2D eigenvalue weighted by Crippen LogP contribution is 2.41. The minimum Gasteiger partial charge on any atom is -0.395 e. The molecule has 0 radical (unpaired) electrons. The molecule has 0 heterocycles. The predicted octanol–water partition coefficient (Wildman–Crippen LogP) is 3.86. The Kier molecular flexibility index (Phi) is 7.67. The van der Waals surface area contributed by atoms with E-state index < -0.39 is 37.0 Å². The number of rotatable bonds is 5. The minimum absolute atomic E-state index is 0. The Balaban J connectivity index is 0.00000441. The lowest BCUT2D eigenvalue weighted by Crippen LogP contribution is -2.53. The molecule has 2 N–H and O–H groups in total. The number of hydrogen-bond donors (Lipinski definition) is 2. The van der Waals surface area contributed by atoms with Crippen LogP contribution in [0.25, 0.3) is 0 Å². The van der Waals surface area contributed by atoms with Gasteiger partial charge < -0.3 is 10.4 Å².